The summed E-state index contributed by atoms with van der Waals surface area (Å²) in [6.07, 6.45) is 12.9. The maximum atomic E-state index is 14.6. The fraction of sp³-hybridized carbons (Fsp3) is 0.865. The smallest absolute Gasteiger partial charge is 0.315 e. The first-order valence-corrected chi connectivity index (χ1v) is 21.4. The summed E-state index contributed by atoms with van der Waals surface area (Å²) in [6, 6.07) is -3.31. The Balaban J connectivity index is 1.53. The molecule has 1 heterocycles. The Morgan fingerprint density at radius 3 is 1.98 bits per heavy atom. The van der Waals surface area contributed by atoms with E-state index in [-0.39, 0.29) is 17.7 Å². The zero-order chi connectivity index (χ0) is 37.2. The number of hydrogen-bond donors (Lipinski definition) is 4. The minimum absolute atomic E-state index is 0.0133. The molecule has 1 saturated heterocycles. The van der Waals surface area contributed by atoms with Gasteiger partial charge >= 0.3 is 6.03 Å². The molecule has 290 valence electrons. The van der Waals surface area contributed by atoms with Crippen LogP contribution >= 0.6 is 0 Å². The number of urea groups is 1. The maximum absolute atomic E-state index is 14.6. The lowest BCUT2D eigenvalue weighted by molar-refractivity contribution is -0.144. The summed E-state index contributed by atoms with van der Waals surface area (Å²) < 4.78 is 29.0. The molecule has 14 heteroatoms. The molecule has 0 spiro atoms. The van der Waals surface area contributed by atoms with Gasteiger partial charge in [0, 0.05) is 25.7 Å². The number of rotatable bonds is 18. The van der Waals surface area contributed by atoms with Crippen LogP contribution < -0.4 is 21.3 Å². The zero-order valence-electron chi connectivity index (χ0n) is 31.5. The van der Waals surface area contributed by atoms with Crippen LogP contribution in [0, 0.1) is 5.41 Å². The Morgan fingerprint density at radius 1 is 0.804 bits per heavy atom. The Morgan fingerprint density at radius 2 is 1.41 bits per heavy atom. The average Bonchev–Trinajstić information content (AvgIpc) is 3.76. The van der Waals surface area contributed by atoms with E-state index in [0.29, 0.717) is 71.0 Å². The first kappa shape index (κ1) is 41.0. The van der Waals surface area contributed by atoms with E-state index in [1.54, 1.807) is 0 Å². The molecular formula is C37H64N6O7S. The van der Waals surface area contributed by atoms with Gasteiger partial charge in [0.15, 0.2) is 0 Å². The lowest BCUT2D eigenvalue weighted by Gasteiger charge is -2.44. The van der Waals surface area contributed by atoms with Crippen LogP contribution in [-0.4, -0.2) is 102 Å². The van der Waals surface area contributed by atoms with Crippen LogP contribution in [0.25, 0.3) is 0 Å². The van der Waals surface area contributed by atoms with Gasteiger partial charge in [-0.2, -0.15) is 0 Å². The molecule has 4 rings (SSSR count). The summed E-state index contributed by atoms with van der Waals surface area (Å²) in [5.74, 6) is -2.37. The highest BCUT2D eigenvalue weighted by Gasteiger charge is 2.48. The highest BCUT2D eigenvalue weighted by atomic mass is 32.2. The topological polar surface area (TPSA) is 174 Å². The molecule has 5 amide bonds. The molecule has 4 aliphatic rings. The molecule has 4 N–H and O–H groups in total. The summed E-state index contributed by atoms with van der Waals surface area (Å²) in [6.45, 7) is 8.99. The number of carbonyl (C=O) groups excluding carboxylic acids is 5. The van der Waals surface area contributed by atoms with E-state index < -0.39 is 62.7 Å². The third-order valence-electron chi connectivity index (χ3n) is 11.4. The Hall–Kier alpha value is -2.74. The van der Waals surface area contributed by atoms with Crippen molar-refractivity contribution in [2.24, 2.45) is 5.41 Å². The molecule has 0 radical (unpaired) electrons. The van der Waals surface area contributed by atoms with Gasteiger partial charge < -0.3 is 26.2 Å². The predicted molar refractivity (Wildman–Crippen MR) is 196 cm³/mol. The van der Waals surface area contributed by atoms with E-state index in [4.69, 9.17) is 0 Å². The van der Waals surface area contributed by atoms with Crippen LogP contribution in [0.4, 0.5) is 4.79 Å². The Kier molecular flexibility index (Phi) is 14.8. The number of nitrogens with zero attached hydrogens (tertiary/aromatic N) is 2. The largest absolute Gasteiger partial charge is 0.347 e. The first-order valence-electron chi connectivity index (χ1n) is 19.8. The summed E-state index contributed by atoms with van der Waals surface area (Å²) in [4.78, 5) is 69.5. The second kappa shape index (κ2) is 18.3. The van der Waals surface area contributed by atoms with E-state index in [9.17, 15) is 32.4 Å². The van der Waals surface area contributed by atoms with Crippen molar-refractivity contribution in [3.05, 3.63) is 0 Å². The number of hydrogen-bond acceptors (Lipinski definition) is 7. The van der Waals surface area contributed by atoms with Gasteiger partial charge in [0.2, 0.25) is 27.6 Å². The van der Waals surface area contributed by atoms with Gasteiger partial charge in [-0.3, -0.25) is 19.2 Å². The highest BCUT2D eigenvalue weighted by Crippen LogP contribution is 2.40. The fourth-order valence-electron chi connectivity index (χ4n) is 8.39. The molecule has 0 aromatic heterocycles. The number of sulfonamides is 1. The van der Waals surface area contributed by atoms with Crippen LogP contribution in [0.5, 0.6) is 0 Å². The van der Waals surface area contributed by atoms with Crippen molar-refractivity contribution in [3.8, 4) is 0 Å². The predicted octanol–water partition coefficient (Wildman–Crippen LogP) is 3.90. The van der Waals surface area contributed by atoms with E-state index in [1.165, 1.54) is 9.21 Å². The minimum atomic E-state index is -3.66. The number of nitrogens with one attached hydrogen (secondary N) is 4. The summed E-state index contributed by atoms with van der Waals surface area (Å²) in [5.41, 5.74) is -1.52. The van der Waals surface area contributed by atoms with Crippen molar-refractivity contribution in [1.29, 1.82) is 0 Å². The Labute approximate surface area is 305 Å². The van der Waals surface area contributed by atoms with Crippen LogP contribution in [0.1, 0.15) is 143 Å². The minimum Gasteiger partial charge on any atom is -0.347 e. The lowest BCUT2D eigenvalue weighted by Crippen LogP contribution is -2.64. The number of ketones is 1. The van der Waals surface area contributed by atoms with E-state index in [0.717, 1.165) is 64.2 Å². The maximum Gasteiger partial charge on any atom is 0.315 e. The molecule has 3 aliphatic carbocycles. The van der Waals surface area contributed by atoms with Gasteiger partial charge in [-0.15, -0.1) is 0 Å². The first-order chi connectivity index (χ1) is 24.3. The number of Topliss-reactive ketones (excluding diaryl/α,β-unsaturated/α-hetero) is 1. The molecule has 4 fully saturated rings. The molecule has 51 heavy (non-hydrogen) atoms. The van der Waals surface area contributed by atoms with Crippen LogP contribution in [0.3, 0.4) is 0 Å². The summed E-state index contributed by atoms with van der Waals surface area (Å²) >= 11 is 0. The van der Waals surface area contributed by atoms with E-state index in [1.807, 2.05) is 27.7 Å². The van der Waals surface area contributed by atoms with E-state index >= 15 is 0 Å². The number of amides is 5. The molecule has 1 aliphatic heterocycles. The zero-order valence-corrected chi connectivity index (χ0v) is 32.3. The van der Waals surface area contributed by atoms with Gasteiger partial charge in [0.25, 0.3) is 5.91 Å². The van der Waals surface area contributed by atoms with Crippen molar-refractivity contribution >= 4 is 39.6 Å². The second-order valence-electron chi connectivity index (χ2n) is 15.9. The molecule has 0 aromatic rings. The van der Waals surface area contributed by atoms with Crippen molar-refractivity contribution in [2.45, 2.75) is 173 Å². The average molecular weight is 737 g/mol. The van der Waals surface area contributed by atoms with E-state index in [2.05, 4.69) is 21.3 Å². The molecule has 3 atom stereocenters. The summed E-state index contributed by atoms with van der Waals surface area (Å²) in [5, 5.41) is 11.6. The van der Waals surface area contributed by atoms with Crippen molar-refractivity contribution in [1.82, 2.24) is 30.5 Å². The van der Waals surface area contributed by atoms with Crippen LogP contribution in [0.15, 0.2) is 0 Å². The molecular weight excluding hydrogens is 673 g/mol. The molecule has 3 saturated carbocycles. The normalized spacial score (nSPS) is 22.8. The standard InChI is InChI=1S/C37H64N6O7S/c1-5-15-28(30(44)33(46)38-27-17-18-27)39-32(45)29-16-14-25-43(29)34(47)31(36(4)19-10-8-11-20-36)40-35(48)41-37(21-12-9-13-22-37)26-51(49,50)42(23-6-2)24-7-3/h27-29,31H,5-26H2,1-4H3,(H,38,46)(H,39,45)(H2,40,41,48)/t28-,29-,31+/m0/s1. The van der Waals surface area contributed by atoms with Gasteiger partial charge in [-0.25, -0.2) is 17.5 Å². The van der Waals surface area contributed by atoms with Gasteiger partial charge in [-0.05, 0) is 76.0 Å². The van der Waals surface area contributed by atoms with Crippen molar-refractivity contribution < 1.29 is 32.4 Å². The van der Waals surface area contributed by atoms with Crippen molar-refractivity contribution in [2.75, 3.05) is 25.4 Å². The second-order valence-corrected chi connectivity index (χ2v) is 17.9. The highest BCUT2D eigenvalue weighted by molar-refractivity contribution is 7.89. The Bertz CT molecular complexity index is 1330. The SMILES string of the molecule is CCC[C@H](NC(=O)[C@@H]1CCCN1C(=O)[C@@H](NC(=O)NC1(CS(=O)(=O)N(CCC)CCC)CCCCC1)C1(C)CCCCC1)C(=O)C(=O)NC1CC1. The number of likely N-dealkylation sites (tertiary alicyclic amines) is 1. The molecule has 0 bridgehead atoms. The summed E-state index contributed by atoms with van der Waals surface area (Å²) in [7, 11) is -3.66. The molecule has 13 nitrogen and oxygen atoms in total. The molecule has 0 unspecified atom stereocenters. The van der Waals surface area contributed by atoms with Crippen LogP contribution in [-0.2, 0) is 29.2 Å². The number of carbonyl (C=O) groups is 5. The van der Waals surface area contributed by atoms with Gasteiger partial charge in [-0.1, -0.05) is 72.6 Å². The fourth-order valence-corrected chi connectivity index (χ4v) is 10.6. The third kappa shape index (κ3) is 10.9. The van der Waals surface area contributed by atoms with Crippen LogP contribution in [0.2, 0.25) is 0 Å². The van der Waals surface area contributed by atoms with Gasteiger partial charge in [0.05, 0.1) is 17.3 Å². The monoisotopic (exact) mass is 736 g/mol. The molecule has 0 aromatic carbocycles. The van der Waals surface area contributed by atoms with Crippen molar-refractivity contribution in [3.63, 3.8) is 0 Å². The third-order valence-corrected chi connectivity index (χ3v) is 13.5. The lowest BCUT2D eigenvalue weighted by atomic mass is 9.70. The van der Waals surface area contributed by atoms with Gasteiger partial charge in [0.1, 0.15) is 12.1 Å². The quantitative estimate of drug-likeness (QED) is 0.155.